The molecule has 2 amide bonds. The second-order valence-corrected chi connectivity index (χ2v) is 9.22. The van der Waals surface area contributed by atoms with Gasteiger partial charge in [0.15, 0.2) is 0 Å². The van der Waals surface area contributed by atoms with E-state index in [4.69, 9.17) is 4.74 Å². The topological polar surface area (TPSA) is 58.6 Å². The van der Waals surface area contributed by atoms with Crippen LogP contribution in [0.1, 0.15) is 27.6 Å². The van der Waals surface area contributed by atoms with E-state index in [2.05, 4.69) is 5.32 Å². The number of nitrogens with zero attached hydrogens (tertiary/aromatic N) is 1. The first-order valence-electron chi connectivity index (χ1n) is 11.4. The Morgan fingerprint density at radius 2 is 1.63 bits per heavy atom. The van der Waals surface area contributed by atoms with Crippen LogP contribution in [-0.4, -0.2) is 18.9 Å². The fourth-order valence-electron chi connectivity index (χ4n) is 3.98. The number of amides is 2. The molecule has 3 aromatic carbocycles. The fraction of sp³-hybridized carbons (Fsp3) is 0.172. The molecular weight excluding hydrogens is 456 g/mol. The van der Waals surface area contributed by atoms with Gasteiger partial charge in [0.1, 0.15) is 11.8 Å². The third kappa shape index (κ3) is 5.97. The zero-order valence-electron chi connectivity index (χ0n) is 19.8. The van der Waals surface area contributed by atoms with Crippen LogP contribution in [0.4, 0.5) is 5.69 Å². The summed E-state index contributed by atoms with van der Waals surface area (Å²) in [5.41, 5.74) is 3.35. The Kier molecular flexibility index (Phi) is 7.95. The minimum Gasteiger partial charge on any atom is -0.497 e. The molecule has 0 saturated carbocycles. The number of anilines is 1. The number of rotatable bonds is 9. The van der Waals surface area contributed by atoms with E-state index in [1.54, 1.807) is 12.0 Å². The van der Waals surface area contributed by atoms with Gasteiger partial charge in [0.2, 0.25) is 11.8 Å². The lowest BCUT2D eigenvalue weighted by molar-refractivity contribution is -0.126. The summed E-state index contributed by atoms with van der Waals surface area (Å²) in [6.45, 7) is 2.30. The minimum absolute atomic E-state index is 0.129. The number of carbonyl (C=O) groups excluding carboxylic acids is 2. The van der Waals surface area contributed by atoms with Crippen LogP contribution < -0.4 is 15.0 Å². The fourth-order valence-corrected chi connectivity index (χ4v) is 4.68. The Morgan fingerprint density at radius 1 is 0.914 bits per heavy atom. The molecule has 4 aromatic rings. The molecule has 0 spiro atoms. The summed E-state index contributed by atoms with van der Waals surface area (Å²) in [6.07, 6.45) is 0.223. The number of nitrogens with one attached hydrogen (secondary N) is 1. The summed E-state index contributed by atoms with van der Waals surface area (Å²) in [5, 5.41) is 5.00. The van der Waals surface area contributed by atoms with Crippen molar-refractivity contribution in [3.8, 4) is 5.75 Å². The van der Waals surface area contributed by atoms with Gasteiger partial charge in [-0.05, 0) is 53.3 Å². The lowest BCUT2D eigenvalue weighted by Crippen LogP contribution is -2.44. The van der Waals surface area contributed by atoms with Crippen molar-refractivity contribution in [2.24, 2.45) is 0 Å². The lowest BCUT2D eigenvalue weighted by Gasteiger charge is -2.32. The van der Waals surface area contributed by atoms with Gasteiger partial charge in [-0.3, -0.25) is 14.5 Å². The molecule has 0 aliphatic heterocycles. The van der Waals surface area contributed by atoms with Crippen LogP contribution in [0, 0.1) is 6.92 Å². The monoisotopic (exact) mass is 484 g/mol. The van der Waals surface area contributed by atoms with E-state index in [9.17, 15) is 9.59 Å². The molecule has 1 heterocycles. The van der Waals surface area contributed by atoms with Gasteiger partial charge in [-0.1, -0.05) is 66.7 Å². The molecule has 0 aliphatic carbocycles. The van der Waals surface area contributed by atoms with Crippen molar-refractivity contribution in [1.82, 2.24) is 5.32 Å². The Labute approximate surface area is 210 Å². The number of aryl methyl sites for hydroxylation is 1. The average molecular weight is 485 g/mol. The highest BCUT2D eigenvalue weighted by atomic mass is 32.1. The van der Waals surface area contributed by atoms with Crippen LogP contribution in [0.15, 0.2) is 96.4 Å². The highest BCUT2D eigenvalue weighted by Gasteiger charge is 2.33. The van der Waals surface area contributed by atoms with Crippen LogP contribution in [0.3, 0.4) is 0 Å². The molecule has 1 aromatic heterocycles. The van der Waals surface area contributed by atoms with Crippen LogP contribution in [0.2, 0.25) is 0 Å². The van der Waals surface area contributed by atoms with Crippen LogP contribution >= 0.6 is 11.3 Å². The molecule has 178 valence electrons. The zero-order valence-corrected chi connectivity index (χ0v) is 20.6. The molecular formula is C29H28N2O3S. The second-order valence-electron chi connectivity index (χ2n) is 8.19. The predicted molar refractivity (Wildman–Crippen MR) is 141 cm³/mol. The maximum Gasteiger partial charge on any atom is 0.248 e. The lowest BCUT2D eigenvalue weighted by atomic mass is 10.0. The molecule has 0 fully saturated rings. The van der Waals surface area contributed by atoms with Crippen molar-refractivity contribution in [3.63, 3.8) is 0 Å². The summed E-state index contributed by atoms with van der Waals surface area (Å²) in [5.74, 6) is 0.386. The van der Waals surface area contributed by atoms with Crippen molar-refractivity contribution < 1.29 is 14.3 Å². The number of para-hydroxylation sites is 1. The summed E-state index contributed by atoms with van der Waals surface area (Å²) in [6, 6.07) is 27.8. The van der Waals surface area contributed by atoms with E-state index in [0.29, 0.717) is 6.54 Å². The van der Waals surface area contributed by atoms with Gasteiger partial charge in [0.25, 0.3) is 0 Å². The number of hydrogen-bond donors (Lipinski definition) is 1. The van der Waals surface area contributed by atoms with Gasteiger partial charge in [-0.25, -0.2) is 0 Å². The number of benzene rings is 3. The van der Waals surface area contributed by atoms with Crippen molar-refractivity contribution in [2.45, 2.75) is 25.9 Å². The quantitative estimate of drug-likeness (QED) is 0.332. The first-order valence-corrected chi connectivity index (χ1v) is 12.3. The van der Waals surface area contributed by atoms with Crippen molar-refractivity contribution in [3.05, 3.63) is 118 Å². The maximum atomic E-state index is 13.8. The van der Waals surface area contributed by atoms with E-state index >= 15 is 0 Å². The number of hydrogen-bond acceptors (Lipinski definition) is 4. The van der Waals surface area contributed by atoms with Gasteiger partial charge < -0.3 is 10.1 Å². The first kappa shape index (κ1) is 24.2. The Balaban J connectivity index is 1.69. The smallest absolute Gasteiger partial charge is 0.248 e. The normalized spacial score (nSPS) is 11.5. The van der Waals surface area contributed by atoms with Crippen LogP contribution in [-0.2, 0) is 22.6 Å². The number of carbonyl (C=O) groups is 2. The van der Waals surface area contributed by atoms with Gasteiger partial charge in [0, 0.05) is 17.1 Å². The Bertz CT molecular complexity index is 1250. The maximum absolute atomic E-state index is 13.8. The van der Waals surface area contributed by atoms with Crippen LogP contribution in [0.25, 0.3) is 0 Å². The van der Waals surface area contributed by atoms with E-state index in [1.807, 2.05) is 103 Å². The largest absolute Gasteiger partial charge is 0.497 e. The standard InChI is InChI=1S/C29H28N2O3S/c1-21-9-6-7-13-26(21)31(27(32)19-25-12-8-18-35-25)28(23-10-4-3-5-11-23)29(33)30-20-22-14-16-24(34-2)17-15-22/h3-18,28H,19-20H2,1-2H3,(H,30,33)/t28-/m1/s1. The van der Waals surface area contributed by atoms with Gasteiger partial charge in [-0.15, -0.1) is 11.3 Å². The van der Waals surface area contributed by atoms with E-state index in [-0.39, 0.29) is 18.2 Å². The molecule has 4 rings (SSSR count). The molecule has 35 heavy (non-hydrogen) atoms. The van der Waals surface area contributed by atoms with Gasteiger partial charge in [-0.2, -0.15) is 0 Å². The molecule has 1 atom stereocenters. The summed E-state index contributed by atoms with van der Waals surface area (Å²) >= 11 is 1.54. The van der Waals surface area contributed by atoms with Crippen LogP contribution in [0.5, 0.6) is 5.75 Å². The molecule has 0 radical (unpaired) electrons. The van der Waals surface area contributed by atoms with E-state index < -0.39 is 6.04 Å². The molecule has 6 heteroatoms. The molecule has 0 bridgehead atoms. The third-order valence-corrected chi connectivity index (χ3v) is 6.67. The first-order chi connectivity index (χ1) is 17.1. The molecule has 0 aliphatic rings. The zero-order chi connectivity index (χ0) is 24.6. The second kappa shape index (κ2) is 11.5. The van der Waals surface area contributed by atoms with Crippen molar-refractivity contribution >= 4 is 28.8 Å². The summed E-state index contributed by atoms with van der Waals surface area (Å²) < 4.78 is 5.22. The Hall–Kier alpha value is -3.90. The van der Waals surface area contributed by atoms with E-state index in [0.717, 1.165) is 33.0 Å². The van der Waals surface area contributed by atoms with Gasteiger partial charge >= 0.3 is 0 Å². The summed E-state index contributed by atoms with van der Waals surface area (Å²) in [4.78, 5) is 30.1. The molecule has 5 nitrogen and oxygen atoms in total. The van der Waals surface area contributed by atoms with Crippen molar-refractivity contribution in [2.75, 3.05) is 12.0 Å². The Morgan fingerprint density at radius 3 is 2.29 bits per heavy atom. The number of methoxy groups -OCH3 is 1. The average Bonchev–Trinajstić information content (AvgIpc) is 3.40. The molecule has 0 unspecified atom stereocenters. The third-order valence-electron chi connectivity index (χ3n) is 5.80. The number of thiophene rings is 1. The van der Waals surface area contributed by atoms with E-state index in [1.165, 1.54) is 11.3 Å². The predicted octanol–water partition coefficient (Wildman–Crippen LogP) is 5.70. The summed E-state index contributed by atoms with van der Waals surface area (Å²) in [7, 11) is 1.62. The minimum atomic E-state index is -0.817. The highest BCUT2D eigenvalue weighted by Crippen LogP contribution is 2.31. The van der Waals surface area contributed by atoms with Gasteiger partial charge in [0.05, 0.1) is 13.5 Å². The molecule has 0 saturated heterocycles. The highest BCUT2D eigenvalue weighted by molar-refractivity contribution is 7.10. The molecule has 1 N–H and O–H groups in total. The number of ether oxygens (including phenoxy) is 1. The van der Waals surface area contributed by atoms with Crippen molar-refractivity contribution in [1.29, 1.82) is 0 Å². The SMILES string of the molecule is COc1ccc(CNC(=O)[C@@H](c2ccccc2)N(C(=O)Cc2cccs2)c2ccccc2C)cc1.